The summed E-state index contributed by atoms with van der Waals surface area (Å²) in [6, 6.07) is 65.5. The smallest absolute Gasteiger partial charge is 0.164 e. The van der Waals surface area contributed by atoms with E-state index in [1.807, 2.05) is 72.9 Å². The van der Waals surface area contributed by atoms with Crippen LogP contribution in [0, 0.1) is 0 Å². The number of hydrogen-bond acceptors (Lipinski definition) is 4. The molecule has 0 spiro atoms. The Morgan fingerprint density at radius 2 is 0.911 bits per heavy atom. The highest BCUT2D eigenvalue weighted by Gasteiger charge is 2.20. The van der Waals surface area contributed by atoms with Gasteiger partial charge in [0.05, 0.1) is 16.6 Å². The molecule has 0 amide bonds. The highest BCUT2D eigenvalue weighted by molar-refractivity contribution is 6.15. The molecule has 0 atom stereocenters. The SMILES string of the molecule is c1ccc(-c2nc(-c3ccccc3)nc(-c3cccc(-n4c5ccccc5c5cccc(-c6ccc7c8cccnc8n(-c8ccccc8)c7c6)c54)c3)n2)cc1. The average molecular weight is 717 g/mol. The quantitative estimate of drug-likeness (QED) is 0.172. The van der Waals surface area contributed by atoms with Gasteiger partial charge in [-0.1, -0.05) is 140 Å². The summed E-state index contributed by atoms with van der Waals surface area (Å²) in [6.07, 6.45) is 1.87. The fourth-order valence-corrected chi connectivity index (χ4v) is 8.09. The van der Waals surface area contributed by atoms with E-state index in [0.717, 1.165) is 66.8 Å². The summed E-state index contributed by atoms with van der Waals surface area (Å²) in [5.41, 5.74) is 11.5. The first kappa shape index (κ1) is 31.8. The lowest BCUT2D eigenvalue weighted by Gasteiger charge is -2.14. The predicted octanol–water partition coefficient (Wildman–Crippen LogP) is 12.1. The molecular formula is C50H32N6. The van der Waals surface area contributed by atoms with Gasteiger partial charge >= 0.3 is 0 Å². The molecule has 0 aliphatic carbocycles. The topological polar surface area (TPSA) is 61.4 Å². The van der Waals surface area contributed by atoms with Crippen molar-refractivity contribution in [1.29, 1.82) is 0 Å². The van der Waals surface area contributed by atoms with Crippen LogP contribution in [-0.2, 0) is 0 Å². The number of benzene rings is 7. The van der Waals surface area contributed by atoms with E-state index in [1.54, 1.807) is 0 Å². The maximum absolute atomic E-state index is 5.05. The molecular weight excluding hydrogens is 685 g/mol. The summed E-state index contributed by atoms with van der Waals surface area (Å²) in [7, 11) is 0. The molecule has 0 aliphatic heterocycles. The van der Waals surface area contributed by atoms with Gasteiger partial charge in [0.25, 0.3) is 0 Å². The van der Waals surface area contributed by atoms with Crippen molar-refractivity contribution in [3.8, 4) is 56.7 Å². The lowest BCUT2D eigenvalue weighted by molar-refractivity contribution is 1.07. The molecule has 11 rings (SSSR count). The molecule has 56 heavy (non-hydrogen) atoms. The van der Waals surface area contributed by atoms with Crippen LogP contribution in [0.25, 0.3) is 100 Å². The Kier molecular flexibility index (Phi) is 7.38. The standard InChI is InChI=1S/C50H32N6/c1-4-15-33(16-5-1)47-52-48(34-17-6-2-7-18-34)54-49(53-47)36-19-12-22-38(31-36)55-44-27-11-10-23-40(44)42-25-13-24-39(46(42)55)35-28-29-41-43-26-14-30-51-50(43)56(45(41)32-35)37-20-8-3-9-21-37/h1-32H. The number of hydrogen-bond donors (Lipinski definition) is 0. The van der Waals surface area contributed by atoms with Gasteiger partial charge in [-0.05, 0) is 54.1 Å². The van der Waals surface area contributed by atoms with E-state index >= 15 is 0 Å². The van der Waals surface area contributed by atoms with Gasteiger partial charge in [0.15, 0.2) is 17.5 Å². The second kappa shape index (κ2) is 13.0. The zero-order chi connectivity index (χ0) is 37.0. The van der Waals surface area contributed by atoms with E-state index in [0.29, 0.717) is 17.5 Å². The number of nitrogens with zero attached hydrogens (tertiary/aromatic N) is 6. The molecule has 262 valence electrons. The summed E-state index contributed by atoms with van der Waals surface area (Å²) >= 11 is 0. The van der Waals surface area contributed by atoms with Gasteiger partial charge in [0, 0.05) is 61.4 Å². The van der Waals surface area contributed by atoms with Crippen LogP contribution in [0.3, 0.4) is 0 Å². The fourth-order valence-electron chi connectivity index (χ4n) is 8.09. The molecule has 0 aliphatic rings. The number of pyridine rings is 1. The lowest BCUT2D eigenvalue weighted by atomic mass is 10.0. The third-order valence-corrected chi connectivity index (χ3v) is 10.6. The zero-order valence-corrected chi connectivity index (χ0v) is 30.2. The Hall–Kier alpha value is -7.70. The van der Waals surface area contributed by atoms with Crippen molar-refractivity contribution in [1.82, 2.24) is 29.1 Å². The van der Waals surface area contributed by atoms with E-state index in [4.69, 9.17) is 19.9 Å². The summed E-state index contributed by atoms with van der Waals surface area (Å²) in [5, 5.41) is 4.68. The summed E-state index contributed by atoms with van der Waals surface area (Å²) in [6.45, 7) is 0. The Morgan fingerprint density at radius 1 is 0.339 bits per heavy atom. The molecule has 4 heterocycles. The minimum absolute atomic E-state index is 0.619. The van der Waals surface area contributed by atoms with Crippen LogP contribution in [0.5, 0.6) is 0 Å². The van der Waals surface area contributed by atoms with Gasteiger partial charge in [-0.3, -0.25) is 4.57 Å². The van der Waals surface area contributed by atoms with Crippen LogP contribution in [0.4, 0.5) is 0 Å². The van der Waals surface area contributed by atoms with Gasteiger partial charge in [-0.15, -0.1) is 0 Å². The minimum Gasteiger partial charge on any atom is -0.309 e. The van der Waals surface area contributed by atoms with E-state index in [-0.39, 0.29) is 0 Å². The van der Waals surface area contributed by atoms with Crippen LogP contribution in [-0.4, -0.2) is 29.1 Å². The molecule has 0 saturated carbocycles. The molecule has 0 fully saturated rings. The van der Waals surface area contributed by atoms with Crippen molar-refractivity contribution in [2.45, 2.75) is 0 Å². The van der Waals surface area contributed by atoms with Crippen molar-refractivity contribution in [3.05, 3.63) is 194 Å². The highest BCUT2D eigenvalue weighted by atomic mass is 15.1. The molecule has 0 radical (unpaired) electrons. The summed E-state index contributed by atoms with van der Waals surface area (Å²) in [5.74, 6) is 1.89. The molecule has 0 saturated heterocycles. The molecule has 0 unspecified atom stereocenters. The Morgan fingerprint density at radius 3 is 1.66 bits per heavy atom. The molecule has 7 aromatic carbocycles. The first-order chi connectivity index (χ1) is 27.8. The number of fused-ring (bicyclic) bond motifs is 6. The summed E-state index contributed by atoms with van der Waals surface area (Å²) in [4.78, 5) is 19.9. The maximum atomic E-state index is 5.05. The Bertz CT molecular complexity index is 3180. The lowest BCUT2D eigenvalue weighted by Crippen LogP contribution is -2.01. The normalized spacial score (nSPS) is 11.6. The van der Waals surface area contributed by atoms with E-state index in [2.05, 4.69) is 130 Å². The van der Waals surface area contributed by atoms with Gasteiger partial charge < -0.3 is 4.57 Å². The number of rotatable bonds is 6. The van der Waals surface area contributed by atoms with Gasteiger partial charge in [0.2, 0.25) is 0 Å². The number of aromatic nitrogens is 6. The first-order valence-corrected chi connectivity index (χ1v) is 18.7. The van der Waals surface area contributed by atoms with Crippen LogP contribution >= 0.6 is 0 Å². The van der Waals surface area contributed by atoms with E-state index in [9.17, 15) is 0 Å². The van der Waals surface area contributed by atoms with Crippen LogP contribution in [0.1, 0.15) is 0 Å². The zero-order valence-electron chi connectivity index (χ0n) is 30.2. The molecule has 0 N–H and O–H groups in total. The highest BCUT2D eigenvalue weighted by Crippen LogP contribution is 2.41. The predicted molar refractivity (Wildman–Crippen MR) is 228 cm³/mol. The molecule has 6 nitrogen and oxygen atoms in total. The van der Waals surface area contributed by atoms with Crippen molar-refractivity contribution < 1.29 is 0 Å². The Balaban J connectivity index is 1.13. The van der Waals surface area contributed by atoms with Gasteiger partial charge in [-0.2, -0.15) is 0 Å². The minimum atomic E-state index is 0.619. The average Bonchev–Trinajstić information content (AvgIpc) is 3.80. The van der Waals surface area contributed by atoms with Gasteiger partial charge in [0.1, 0.15) is 5.65 Å². The van der Waals surface area contributed by atoms with Crippen LogP contribution < -0.4 is 0 Å². The third-order valence-electron chi connectivity index (χ3n) is 10.6. The van der Waals surface area contributed by atoms with Crippen molar-refractivity contribution >= 4 is 43.7 Å². The Labute approximate surface area is 322 Å². The molecule has 11 aromatic rings. The second-order valence-electron chi connectivity index (χ2n) is 13.9. The second-order valence-corrected chi connectivity index (χ2v) is 13.9. The van der Waals surface area contributed by atoms with Crippen molar-refractivity contribution in [3.63, 3.8) is 0 Å². The molecule has 6 heteroatoms. The fraction of sp³-hybridized carbons (Fsp3) is 0. The maximum Gasteiger partial charge on any atom is 0.164 e. The monoisotopic (exact) mass is 716 g/mol. The van der Waals surface area contributed by atoms with Crippen molar-refractivity contribution in [2.75, 3.05) is 0 Å². The molecule has 4 aromatic heterocycles. The van der Waals surface area contributed by atoms with Crippen LogP contribution in [0.15, 0.2) is 194 Å². The summed E-state index contributed by atoms with van der Waals surface area (Å²) < 4.78 is 4.66. The van der Waals surface area contributed by atoms with Crippen LogP contribution in [0.2, 0.25) is 0 Å². The van der Waals surface area contributed by atoms with Gasteiger partial charge in [-0.25, -0.2) is 19.9 Å². The third kappa shape index (κ3) is 5.19. The number of para-hydroxylation sites is 3. The van der Waals surface area contributed by atoms with E-state index < -0.39 is 0 Å². The largest absolute Gasteiger partial charge is 0.309 e. The molecule has 0 bridgehead atoms. The first-order valence-electron chi connectivity index (χ1n) is 18.7. The van der Waals surface area contributed by atoms with Crippen molar-refractivity contribution in [2.24, 2.45) is 0 Å². The van der Waals surface area contributed by atoms with E-state index in [1.165, 1.54) is 16.2 Å².